The number of nitrogens with zero attached hydrogens (tertiary/aromatic N) is 1. The number of nitrogens with one attached hydrogen (secondary N) is 1. The monoisotopic (exact) mass is 414 g/mol. The van der Waals surface area contributed by atoms with E-state index in [1.165, 1.54) is 13.2 Å². The number of benzene rings is 2. The molecule has 26 heavy (non-hydrogen) atoms. The van der Waals surface area contributed by atoms with Crippen LogP contribution in [0.2, 0.25) is 0 Å². The summed E-state index contributed by atoms with van der Waals surface area (Å²) in [6.45, 7) is -0.0112. The van der Waals surface area contributed by atoms with E-state index < -0.39 is 5.97 Å². The number of rotatable bonds is 4. The number of pyridine rings is 1. The third-order valence-corrected chi connectivity index (χ3v) is 4.35. The number of carbonyl (C=O) groups excluding carboxylic acids is 2. The van der Waals surface area contributed by atoms with E-state index in [0.29, 0.717) is 16.6 Å². The molecular weight excluding hydrogens is 400 g/mol. The number of hydrogen-bond acceptors (Lipinski definition) is 4. The van der Waals surface area contributed by atoms with E-state index in [9.17, 15) is 14.4 Å². The maximum absolute atomic E-state index is 12.5. The van der Waals surface area contributed by atoms with Crippen LogP contribution in [0.1, 0.15) is 10.4 Å². The van der Waals surface area contributed by atoms with Crippen molar-refractivity contribution >= 4 is 44.4 Å². The smallest absolute Gasteiger partial charge is 0.339 e. The highest BCUT2D eigenvalue weighted by atomic mass is 79.9. The minimum absolute atomic E-state index is 0.0112. The van der Waals surface area contributed by atoms with Crippen LogP contribution in [0.4, 0.5) is 5.69 Å². The third kappa shape index (κ3) is 3.67. The van der Waals surface area contributed by atoms with Crippen molar-refractivity contribution in [3.63, 3.8) is 0 Å². The fourth-order valence-electron chi connectivity index (χ4n) is 2.64. The Hall–Kier alpha value is -2.93. The van der Waals surface area contributed by atoms with Crippen LogP contribution < -0.4 is 10.7 Å². The lowest BCUT2D eigenvalue weighted by Gasteiger charge is -2.13. The second-order valence-electron chi connectivity index (χ2n) is 5.55. The van der Waals surface area contributed by atoms with Gasteiger partial charge in [0, 0.05) is 22.1 Å². The van der Waals surface area contributed by atoms with Gasteiger partial charge in [-0.05, 0) is 30.3 Å². The molecule has 1 amide bonds. The Morgan fingerprint density at radius 1 is 1.15 bits per heavy atom. The highest BCUT2D eigenvalue weighted by molar-refractivity contribution is 9.10. The maximum atomic E-state index is 12.5. The molecule has 3 rings (SSSR count). The minimum Gasteiger partial charge on any atom is -0.465 e. The first-order valence-electron chi connectivity index (χ1n) is 7.75. The molecule has 0 saturated heterocycles. The molecule has 7 heteroatoms. The first-order valence-corrected chi connectivity index (χ1v) is 8.55. The van der Waals surface area contributed by atoms with Crippen LogP contribution in [-0.4, -0.2) is 23.6 Å². The van der Waals surface area contributed by atoms with Crippen molar-refractivity contribution in [3.8, 4) is 0 Å². The zero-order chi connectivity index (χ0) is 18.7. The second-order valence-corrected chi connectivity index (χ2v) is 6.47. The molecule has 132 valence electrons. The molecule has 1 N–H and O–H groups in total. The number of methoxy groups -OCH3 is 1. The molecule has 6 nitrogen and oxygen atoms in total. The molecule has 3 aromatic rings. The SMILES string of the molecule is COC(=O)c1ccccc1NC(=O)Cn1ccc(=O)c2ccc(Br)cc21. The van der Waals surface area contributed by atoms with Gasteiger partial charge in [-0.3, -0.25) is 9.59 Å². The second kappa shape index (κ2) is 7.53. The number of aromatic nitrogens is 1. The van der Waals surface area contributed by atoms with Gasteiger partial charge in [0.1, 0.15) is 6.54 Å². The van der Waals surface area contributed by atoms with E-state index in [1.807, 2.05) is 0 Å². The molecule has 1 aromatic heterocycles. The predicted molar refractivity (Wildman–Crippen MR) is 102 cm³/mol. The van der Waals surface area contributed by atoms with Crippen molar-refractivity contribution in [1.29, 1.82) is 0 Å². The fourth-order valence-corrected chi connectivity index (χ4v) is 2.99. The summed E-state index contributed by atoms with van der Waals surface area (Å²) < 4.78 is 7.21. The molecule has 1 heterocycles. The number of para-hydroxylation sites is 1. The van der Waals surface area contributed by atoms with Crippen LogP contribution in [0.5, 0.6) is 0 Å². The first kappa shape index (κ1) is 17.9. The van der Waals surface area contributed by atoms with E-state index in [-0.39, 0.29) is 23.4 Å². The summed E-state index contributed by atoms with van der Waals surface area (Å²) in [5.74, 6) is -0.857. The molecule has 0 aliphatic rings. The number of halogens is 1. The van der Waals surface area contributed by atoms with Gasteiger partial charge in [-0.1, -0.05) is 28.1 Å². The Balaban J connectivity index is 1.89. The number of hydrogen-bond donors (Lipinski definition) is 1. The number of esters is 1. The van der Waals surface area contributed by atoms with Crippen molar-refractivity contribution < 1.29 is 14.3 Å². The van der Waals surface area contributed by atoms with Gasteiger partial charge in [-0.15, -0.1) is 0 Å². The van der Waals surface area contributed by atoms with Crippen molar-refractivity contribution in [2.24, 2.45) is 0 Å². The highest BCUT2D eigenvalue weighted by Crippen LogP contribution is 2.19. The van der Waals surface area contributed by atoms with Crippen molar-refractivity contribution in [3.05, 3.63) is 75.0 Å². The number of ether oxygens (including phenoxy) is 1. The molecule has 0 fully saturated rings. The van der Waals surface area contributed by atoms with E-state index in [0.717, 1.165) is 4.47 Å². The van der Waals surface area contributed by atoms with Gasteiger partial charge in [0.2, 0.25) is 5.91 Å². The lowest BCUT2D eigenvalue weighted by molar-refractivity contribution is -0.116. The van der Waals surface area contributed by atoms with Gasteiger partial charge in [0.15, 0.2) is 5.43 Å². The van der Waals surface area contributed by atoms with E-state index in [2.05, 4.69) is 21.2 Å². The molecular formula is C19H15BrN2O4. The lowest BCUT2D eigenvalue weighted by atomic mass is 10.1. The van der Waals surface area contributed by atoms with Crippen molar-refractivity contribution in [2.75, 3.05) is 12.4 Å². The molecule has 0 saturated carbocycles. The lowest BCUT2D eigenvalue weighted by Crippen LogP contribution is -2.21. The summed E-state index contributed by atoms with van der Waals surface area (Å²) in [5, 5.41) is 3.24. The van der Waals surface area contributed by atoms with E-state index >= 15 is 0 Å². The van der Waals surface area contributed by atoms with Crippen molar-refractivity contribution in [2.45, 2.75) is 6.54 Å². The Morgan fingerprint density at radius 2 is 1.92 bits per heavy atom. The summed E-state index contributed by atoms with van der Waals surface area (Å²) >= 11 is 3.38. The van der Waals surface area contributed by atoms with Crippen LogP contribution in [0.25, 0.3) is 10.9 Å². The maximum Gasteiger partial charge on any atom is 0.339 e. The van der Waals surface area contributed by atoms with E-state index in [4.69, 9.17) is 4.74 Å². The minimum atomic E-state index is -0.529. The van der Waals surface area contributed by atoms with Gasteiger partial charge in [0.25, 0.3) is 0 Å². The third-order valence-electron chi connectivity index (χ3n) is 3.86. The van der Waals surface area contributed by atoms with Gasteiger partial charge >= 0.3 is 5.97 Å². The summed E-state index contributed by atoms with van der Waals surface area (Å²) in [6, 6.07) is 13.3. The fraction of sp³-hybridized carbons (Fsp3) is 0.105. The van der Waals surface area contributed by atoms with Crippen LogP contribution in [0, 0.1) is 0 Å². The van der Waals surface area contributed by atoms with Gasteiger partial charge in [-0.2, -0.15) is 0 Å². The summed E-state index contributed by atoms with van der Waals surface area (Å²) in [4.78, 5) is 36.3. The summed E-state index contributed by atoms with van der Waals surface area (Å²) in [6.07, 6.45) is 1.57. The zero-order valence-electron chi connectivity index (χ0n) is 13.9. The number of carbonyl (C=O) groups is 2. The molecule has 0 unspecified atom stereocenters. The average molecular weight is 415 g/mol. The molecule has 0 spiro atoms. The van der Waals surface area contributed by atoms with Crippen LogP contribution >= 0.6 is 15.9 Å². The van der Waals surface area contributed by atoms with Crippen molar-refractivity contribution in [1.82, 2.24) is 4.57 Å². The van der Waals surface area contributed by atoms with E-state index in [1.54, 1.807) is 53.2 Å². The van der Waals surface area contributed by atoms with Crippen LogP contribution in [-0.2, 0) is 16.1 Å². The number of anilines is 1. The zero-order valence-corrected chi connectivity index (χ0v) is 15.4. The summed E-state index contributed by atoms with van der Waals surface area (Å²) in [7, 11) is 1.28. The largest absolute Gasteiger partial charge is 0.465 e. The molecule has 0 aliphatic carbocycles. The molecule has 2 aromatic carbocycles. The Kier molecular flexibility index (Phi) is 5.18. The summed E-state index contributed by atoms with van der Waals surface area (Å²) in [5.41, 5.74) is 1.18. The molecule has 0 radical (unpaired) electrons. The number of amides is 1. The predicted octanol–water partition coefficient (Wildman–Crippen LogP) is 3.19. The molecule has 0 bridgehead atoms. The highest BCUT2D eigenvalue weighted by Gasteiger charge is 2.14. The average Bonchev–Trinajstić information content (AvgIpc) is 2.64. The van der Waals surface area contributed by atoms with Gasteiger partial charge in [-0.25, -0.2) is 4.79 Å². The first-order chi connectivity index (χ1) is 12.5. The standard InChI is InChI=1S/C19H15BrN2O4/c1-26-19(25)13-4-2-3-5-15(13)21-18(24)11-22-9-8-17(23)14-7-6-12(20)10-16(14)22/h2-10H,11H2,1H3,(H,21,24). The normalized spacial score (nSPS) is 10.5. The number of fused-ring (bicyclic) bond motifs is 1. The van der Waals surface area contributed by atoms with Gasteiger partial charge < -0.3 is 14.6 Å². The molecule has 0 atom stereocenters. The Labute approximate surface area is 157 Å². The topological polar surface area (TPSA) is 77.4 Å². The molecule has 0 aliphatic heterocycles. The van der Waals surface area contributed by atoms with Gasteiger partial charge in [0.05, 0.1) is 23.9 Å². The quantitative estimate of drug-likeness (QED) is 0.664. The Morgan fingerprint density at radius 3 is 2.69 bits per heavy atom. The Bertz CT molecular complexity index is 1060. The van der Waals surface area contributed by atoms with Crippen LogP contribution in [0.3, 0.4) is 0 Å². The van der Waals surface area contributed by atoms with Crippen LogP contribution in [0.15, 0.2) is 64.0 Å².